The van der Waals surface area contributed by atoms with Gasteiger partial charge in [0.2, 0.25) is 0 Å². The van der Waals surface area contributed by atoms with E-state index in [1.165, 1.54) is 12.1 Å². The van der Waals surface area contributed by atoms with Crippen LogP contribution in [0.25, 0.3) is 16.7 Å². The highest BCUT2D eigenvalue weighted by atomic mass is 79.9. The van der Waals surface area contributed by atoms with Crippen LogP contribution in [-0.4, -0.2) is 26.6 Å². The average Bonchev–Trinajstić information content (AvgIpc) is 3.01. The molecule has 0 radical (unpaired) electrons. The van der Waals surface area contributed by atoms with E-state index >= 15 is 0 Å². The highest BCUT2D eigenvalue weighted by molar-refractivity contribution is 9.10. The van der Waals surface area contributed by atoms with E-state index in [0.717, 1.165) is 15.7 Å². The molecule has 0 spiro atoms. The van der Waals surface area contributed by atoms with E-state index in [4.69, 9.17) is 0 Å². The van der Waals surface area contributed by atoms with Crippen molar-refractivity contribution >= 4 is 44.1 Å². The summed E-state index contributed by atoms with van der Waals surface area (Å²) in [6.07, 6.45) is 1.57. The van der Waals surface area contributed by atoms with Gasteiger partial charge in [0, 0.05) is 22.6 Å². The SMILES string of the molecule is CN(c1cccc(Br)c1)c1nc2nncn2c2ccc(F)cc12. The lowest BCUT2D eigenvalue weighted by atomic mass is 10.2. The Morgan fingerprint density at radius 1 is 1.17 bits per heavy atom. The van der Waals surface area contributed by atoms with Crippen molar-refractivity contribution in [2.24, 2.45) is 0 Å². The summed E-state index contributed by atoms with van der Waals surface area (Å²) in [5.41, 5.74) is 1.74. The third-order valence-corrected chi connectivity index (χ3v) is 4.20. The number of benzene rings is 2. The average molecular weight is 372 g/mol. The van der Waals surface area contributed by atoms with Crippen molar-refractivity contribution in [3.8, 4) is 0 Å². The van der Waals surface area contributed by atoms with Gasteiger partial charge in [0.1, 0.15) is 18.0 Å². The maximum atomic E-state index is 13.8. The van der Waals surface area contributed by atoms with Crippen molar-refractivity contribution in [1.82, 2.24) is 19.6 Å². The van der Waals surface area contributed by atoms with Gasteiger partial charge in [0.15, 0.2) is 0 Å². The first kappa shape index (κ1) is 14.1. The predicted molar refractivity (Wildman–Crippen MR) is 90.5 cm³/mol. The summed E-state index contributed by atoms with van der Waals surface area (Å²) >= 11 is 3.46. The molecule has 2 aromatic carbocycles. The molecule has 0 saturated heterocycles. The lowest BCUT2D eigenvalue weighted by Crippen LogP contribution is -2.13. The number of aromatic nitrogens is 4. The molecule has 4 rings (SSSR count). The Morgan fingerprint density at radius 3 is 2.87 bits per heavy atom. The fourth-order valence-electron chi connectivity index (χ4n) is 2.59. The molecule has 0 amide bonds. The predicted octanol–water partition coefficient (Wildman–Crippen LogP) is 3.95. The van der Waals surface area contributed by atoms with Gasteiger partial charge in [0.05, 0.1) is 5.52 Å². The molecule has 0 aliphatic heterocycles. The summed E-state index contributed by atoms with van der Waals surface area (Å²) in [6.45, 7) is 0. The zero-order valence-corrected chi connectivity index (χ0v) is 13.7. The van der Waals surface area contributed by atoms with Gasteiger partial charge < -0.3 is 4.90 Å². The topological polar surface area (TPSA) is 46.3 Å². The van der Waals surface area contributed by atoms with Crippen LogP contribution in [0.3, 0.4) is 0 Å². The van der Waals surface area contributed by atoms with Gasteiger partial charge in [0.25, 0.3) is 5.78 Å². The van der Waals surface area contributed by atoms with Crippen molar-refractivity contribution in [3.63, 3.8) is 0 Å². The standard InChI is InChI=1S/C16H11BrFN5/c1-22(12-4-2-3-10(17)7-12)15-13-8-11(18)5-6-14(13)23-9-19-21-16(23)20-15/h2-9H,1H3. The molecule has 0 aliphatic carbocycles. The summed E-state index contributed by atoms with van der Waals surface area (Å²) in [6, 6.07) is 12.4. The molecule has 0 N–H and O–H groups in total. The third kappa shape index (κ3) is 2.33. The summed E-state index contributed by atoms with van der Waals surface area (Å²) in [4.78, 5) is 6.45. The van der Waals surface area contributed by atoms with Crippen molar-refractivity contribution in [2.75, 3.05) is 11.9 Å². The van der Waals surface area contributed by atoms with Crippen LogP contribution in [0.2, 0.25) is 0 Å². The Hall–Kier alpha value is -2.54. The molecule has 114 valence electrons. The first-order valence-corrected chi connectivity index (χ1v) is 7.71. The maximum Gasteiger partial charge on any atom is 0.257 e. The van der Waals surface area contributed by atoms with Crippen LogP contribution in [0.5, 0.6) is 0 Å². The second-order valence-electron chi connectivity index (χ2n) is 5.14. The second-order valence-corrected chi connectivity index (χ2v) is 6.05. The zero-order valence-electron chi connectivity index (χ0n) is 12.1. The van der Waals surface area contributed by atoms with Crippen LogP contribution in [0.1, 0.15) is 0 Å². The molecule has 2 aromatic heterocycles. The highest BCUT2D eigenvalue weighted by Gasteiger charge is 2.15. The lowest BCUT2D eigenvalue weighted by molar-refractivity contribution is 0.629. The fraction of sp³-hybridized carbons (Fsp3) is 0.0625. The molecule has 0 unspecified atom stereocenters. The Morgan fingerprint density at radius 2 is 2.04 bits per heavy atom. The number of fused-ring (bicyclic) bond motifs is 3. The van der Waals surface area contributed by atoms with Gasteiger partial charge >= 0.3 is 0 Å². The van der Waals surface area contributed by atoms with E-state index < -0.39 is 0 Å². The van der Waals surface area contributed by atoms with E-state index in [2.05, 4.69) is 31.1 Å². The smallest absolute Gasteiger partial charge is 0.257 e. The number of rotatable bonds is 2. The number of nitrogens with zero attached hydrogens (tertiary/aromatic N) is 5. The van der Waals surface area contributed by atoms with Gasteiger partial charge in [-0.2, -0.15) is 4.98 Å². The van der Waals surface area contributed by atoms with Crippen LogP contribution >= 0.6 is 15.9 Å². The second kappa shape index (κ2) is 5.27. The number of anilines is 2. The minimum Gasteiger partial charge on any atom is -0.329 e. The Balaban J connectivity index is 2.02. The molecule has 0 atom stereocenters. The quantitative estimate of drug-likeness (QED) is 0.535. The Bertz CT molecular complexity index is 1030. The molecule has 0 aliphatic rings. The third-order valence-electron chi connectivity index (χ3n) is 3.71. The van der Waals surface area contributed by atoms with Crippen molar-refractivity contribution in [1.29, 1.82) is 0 Å². The monoisotopic (exact) mass is 371 g/mol. The summed E-state index contributed by atoms with van der Waals surface area (Å²) in [7, 11) is 1.89. The van der Waals surface area contributed by atoms with Crippen LogP contribution in [-0.2, 0) is 0 Å². The minimum atomic E-state index is -0.310. The van der Waals surface area contributed by atoms with E-state index in [-0.39, 0.29) is 5.82 Å². The van der Waals surface area contributed by atoms with Crippen molar-refractivity contribution in [3.05, 3.63) is 59.1 Å². The first-order chi connectivity index (χ1) is 11.1. The molecule has 5 nitrogen and oxygen atoms in total. The number of hydrogen-bond acceptors (Lipinski definition) is 4. The van der Waals surface area contributed by atoms with E-state index in [1.54, 1.807) is 16.8 Å². The summed E-state index contributed by atoms with van der Waals surface area (Å²) < 4.78 is 16.5. The maximum absolute atomic E-state index is 13.8. The zero-order chi connectivity index (χ0) is 16.0. The summed E-state index contributed by atoms with van der Waals surface area (Å²) in [5, 5.41) is 8.60. The normalized spacial score (nSPS) is 11.3. The fourth-order valence-corrected chi connectivity index (χ4v) is 2.98. The van der Waals surface area contributed by atoms with Crippen LogP contribution in [0.4, 0.5) is 15.9 Å². The Labute approximate surface area is 139 Å². The molecule has 4 aromatic rings. The van der Waals surface area contributed by atoms with Crippen LogP contribution < -0.4 is 4.90 Å². The molecule has 0 fully saturated rings. The lowest BCUT2D eigenvalue weighted by Gasteiger charge is -2.20. The number of hydrogen-bond donors (Lipinski definition) is 0. The molecule has 2 heterocycles. The van der Waals surface area contributed by atoms with Gasteiger partial charge in [-0.3, -0.25) is 4.40 Å². The van der Waals surface area contributed by atoms with Gasteiger partial charge in [-0.05, 0) is 36.4 Å². The Kier molecular flexibility index (Phi) is 3.23. The number of halogens is 2. The van der Waals surface area contributed by atoms with Crippen LogP contribution in [0.15, 0.2) is 53.3 Å². The highest BCUT2D eigenvalue weighted by Crippen LogP contribution is 2.31. The van der Waals surface area contributed by atoms with Gasteiger partial charge in [-0.1, -0.05) is 22.0 Å². The molecule has 23 heavy (non-hydrogen) atoms. The minimum absolute atomic E-state index is 0.310. The molecule has 0 saturated carbocycles. The van der Waals surface area contributed by atoms with Gasteiger partial charge in [-0.15, -0.1) is 10.2 Å². The van der Waals surface area contributed by atoms with E-state index in [1.807, 2.05) is 36.2 Å². The van der Waals surface area contributed by atoms with E-state index in [9.17, 15) is 4.39 Å². The van der Waals surface area contributed by atoms with E-state index in [0.29, 0.717) is 17.0 Å². The molecule has 7 heteroatoms. The van der Waals surface area contributed by atoms with Crippen molar-refractivity contribution < 1.29 is 4.39 Å². The largest absolute Gasteiger partial charge is 0.329 e. The summed E-state index contributed by atoms with van der Waals surface area (Å²) in [5.74, 6) is 0.787. The molecule has 0 bridgehead atoms. The van der Waals surface area contributed by atoms with Gasteiger partial charge in [-0.25, -0.2) is 4.39 Å². The first-order valence-electron chi connectivity index (χ1n) is 6.92. The van der Waals surface area contributed by atoms with Crippen LogP contribution in [0, 0.1) is 5.82 Å². The molecular weight excluding hydrogens is 361 g/mol. The van der Waals surface area contributed by atoms with Crippen molar-refractivity contribution in [2.45, 2.75) is 0 Å². The molecular formula is C16H11BrFN5.